The van der Waals surface area contributed by atoms with Gasteiger partial charge in [0.15, 0.2) is 0 Å². The zero-order valence-electron chi connectivity index (χ0n) is 20.4. The number of rotatable bonds is 2. The molecule has 2 rings (SSSR count). The third-order valence-corrected chi connectivity index (χ3v) is 8.53. The first-order chi connectivity index (χ1) is 15.0. The van der Waals surface area contributed by atoms with Gasteiger partial charge in [0.25, 0.3) is 0 Å². The Morgan fingerprint density at radius 3 is 2.66 bits per heavy atom. The van der Waals surface area contributed by atoms with Crippen molar-refractivity contribution in [2.45, 2.75) is 92.3 Å². The number of aliphatic imine (C=N–C) groups is 1. The average Bonchev–Trinajstić information content (AvgIpc) is 3.15. The summed E-state index contributed by atoms with van der Waals surface area (Å²) in [7, 11) is 0. The summed E-state index contributed by atoms with van der Waals surface area (Å²) in [6.07, 6.45) is 9.15. The van der Waals surface area contributed by atoms with Gasteiger partial charge in [0.05, 0.1) is 6.10 Å². The predicted octanol–water partition coefficient (Wildman–Crippen LogP) is 2.35. The predicted molar refractivity (Wildman–Crippen MR) is 125 cm³/mol. The van der Waals surface area contributed by atoms with Gasteiger partial charge in [-0.1, -0.05) is 13.8 Å². The van der Waals surface area contributed by atoms with E-state index in [2.05, 4.69) is 28.2 Å². The molecule has 0 amide bonds. The second-order valence-electron chi connectivity index (χ2n) is 9.76. The number of ketones is 1. The van der Waals surface area contributed by atoms with E-state index in [1.54, 1.807) is 6.92 Å². The summed E-state index contributed by atoms with van der Waals surface area (Å²) in [6, 6.07) is 0. The molecule has 0 aromatic heterocycles. The maximum absolute atomic E-state index is 13.1. The van der Waals surface area contributed by atoms with Crippen LogP contribution in [-0.4, -0.2) is 32.8 Å². The fourth-order valence-electron chi connectivity index (χ4n) is 4.16. The summed E-state index contributed by atoms with van der Waals surface area (Å²) in [6.45, 7) is 11.6. The Morgan fingerprint density at radius 1 is 1.28 bits per heavy atom. The SMILES string of the molecule is CC1=NC(/C=C(\C)[C@@H]2C/C=C\CCC[C@H](C)[C@H](O)[C@@H](C)C(=O)C(C)(C)CCC(=O)O2)=C[I-]1. The Hall–Kier alpha value is -1.28. The Kier molecular flexibility index (Phi) is 10.3. The summed E-state index contributed by atoms with van der Waals surface area (Å²) in [5.74, 6) is -0.684. The van der Waals surface area contributed by atoms with E-state index in [0.717, 1.165) is 30.5 Å². The van der Waals surface area contributed by atoms with Gasteiger partial charge in [0.1, 0.15) is 0 Å². The summed E-state index contributed by atoms with van der Waals surface area (Å²) in [4.78, 5) is 30.3. The van der Waals surface area contributed by atoms with Crippen LogP contribution in [0.5, 0.6) is 0 Å². The van der Waals surface area contributed by atoms with Crippen LogP contribution in [-0.2, 0) is 14.3 Å². The molecule has 0 spiro atoms. The molecule has 32 heavy (non-hydrogen) atoms. The van der Waals surface area contributed by atoms with Crippen molar-refractivity contribution in [2.75, 3.05) is 0 Å². The van der Waals surface area contributed by atoms with Crippen molar-refractivity contribution in [3.63, 3.8) is 0 Å². The van der Waals surface area contributed by atoms with Crippen molar-refractivity contribution in [1.82, 2.24) is 0 Å². The molecule has 5 nitrogen and oxygen atoms in total. The zero-order chi connectivity index (χ0) is 23.9. The molecule has 0 saturated heterocycles. The fourth-order valence-corrected chi connectivity index (χ4v) is 5.67. The molecule has 1 N–H and O–H groups in total. The number of nitrogens with zero attached hydrogens (tertiary/aromatic N) is 1. The number of aliphatic hydroxyl groups is 1. The van der Waals surface area contributed by atoms with Crippen molar-refractivity contribution in [3.05, 3.63) is 33.6 Å². The van der Waals surface area contributed by atoms with E-state index in [9.17, 15) is 14.7 Å². The maximum atomic E-state index is 13.1. The number of cyclic esters (lactones) is 1. The van der Waals surface area contributed by atoms with Gasteiger partial charge >= 0.3 is 179 Å². The number of halogens is 1. The van der Waals surface area contributed by atoms with Crippen molar-refractivity contribution in [3.8, 4) is 0 Å². The van der Waals surface area contributed by atoms with Crippen molar-refractivity contribution < 1.29 is 40.6 Å². The van der Waals surface area contributed by atoms with Gasteiger partial charge in [-0.3, -0.25) is 0 Å². The van der Waals surface area contributed by atoms with E-state index < -0.39 is 17.4 Å². The van der Waals surface area contributed by atoms with Gasteiger partial charge in [0.2, 0.25) is 0 Å². The quantitative estimate of drug-likeness (QED) is 0.322. The Balaban J connectivity index is 2.19. The van der Waals surface area contributed by atoms with Gasteiger partial charge < -0.3 is 5.11 Å². The van der Waals surface area contributed by atoms with E-state index in [0.29, 0.717) is 12.8 Å². The van der Waals surface area contributed by atoms with Gasteiger partial charge in [-0.2, -0.15) is 0 Å². The van der Waals surface area contributed by atoms with Gasteiger partial charge in [-0.25, -0.2) is 0 Å². The van der Waals surface area contributed by atoms with Crippen LogP contribution < -0.4 is 21.2 Å². The molecule has 0 radical (unpaired) electrons. The molecule has 4 atom stereocenters. The molecule has 0 fully saturated rings. The normalized spacial score (nSPS) is 32.4. The molecule has 0 aromatic carbocycles. The van der Waals surface area contributed by atoms with Crippen molar-refractivity contribution >= 4 is 15.5 Å². The molecular formula is C26H39INO4-. The molecule has 2 aliphatic heterocycles. The minimum atomic E-state index is -0.693. The van der Waals surface area contributed by atoms with Crippen LogP contribution in [0.2, 0.25) is 0 Å². The van der Waals surface area contributed by atoms with Crippen LogP contribution >= 0.6 is 0 Å². The number of esters is 1. The van der Waals surface area contributed by atoms with E-state index in [4.69, 9.17) is 4.74 Å². The molecule has 0 saturated carbocycles. The van der Waals surface area contributed by atoms with Gasteiger partial charge in [0, 0.05) is 0 Å². The van der Waals surface area contributed by atoms with Crippen LogP contribution in [0.4, 0.5) is 0 Å². The third-order valence-electron chi connectivity index (χ3n) is 6.44. The second kappa shape index (κ2) is 12.3. The van der Waals surface area contributed by atoms with Crippen molar-refractivity contribution in [1.29, 1.82) is 0 Å². The zero-order valence-corrected chi connectivity index (χ0v) is 22.5. The van der Waals surface area contributed by atoms with E-state index >= 15 is 0 Å². The van der Waals surface area contributed by atoms with Crippen LogP contribution in [0.3, 0.4) is 0 Å². The van der Waals surface area contributed by atoms with Crippen LogP contribution in [0, 0.1) is 17.3 Å². The fraction of sp³-hybridized carbons (Fsp3) is 0.654. The Morgan fingerprint density at radius 2 is 2.00 bits per heavy atom. The summed E-state index contributed by atoms with van der Waals surface area (Å²) >= 11 is -0.110. The number of carbonyl (C=O) groups excluding carboxylic acids is 2. The first kappa shape index (κ1) is 27.0. The number of Topliss-reactive ketones (excluding diaryl/α,β-unsaturated/α-hetero) is 1. The molecule has 0 unspecified atom stereocenters. The molecular weight excluding hydrogens is 517 g/mol. The van der Waals surface area contributed by atoms with E-state index in [-0.39, 0.29) is 51.4 Å². The molecule has 0 bridgehead atoms. The van der Waals surface area contributed by atoms with E-state index in [1.165, 1.54) is 3.72 Å². The number of carbonyl (C=O) groups is 2. The number of ether oxygens (including phenoxy) is 1. The minimum absolute atomic E-state index is 0.00830. The average molecular weight is 557 g/mol. The molecule has 0 aromatic rings. The van der Waals surface area contributed by atoms with Crippen LogP contribution in [0.15, 0.2) is 38.6 Å². The number of aliphatic hydroxyl groups excluding tert-OH is 1. The monoisotopic (exact) mass is 556 g/mol. The molecule has 180 valence electrons. The first-order valence-electron chi connectivity index (χ1n) is 11.6. The summed E-state index contributed by atoms with van der Waals surface area (Å²) < 4.78 is 9.24. The Labute approximate surface area is 203 Å². The number of allylic oxidation sites excluding steroid dienone is 2. The van der Waals surface area contributed by atoms with Gasteiger partial charge in [-0.15, -0.1) is 0 Å². The molecule has 2 heterocycles. The topological polar surface area (TPSA) is 76.0 Å². The number of hydrogen-bond acceptors (Lipinski definition) is 5. The summed E-state index contributed by atoms with van der Waals surface area (Å²) in [5, 5.41) is 10.7. The number of hydrogen-bond donors (Lipinski definition) is 1. The van der Waals surface area contributed by atoms with Crippen molar-refractivity contribution in [2.24, 2.45) is 22.2 Å². The summed E-state index contributed by atoms with van der Waals surface area (Å²) in [5.41, 5.74) is 1.26. The van der Waals surface area contributed by atoms with Gasteiger partial charge in [-0.05, 0) is 0 Å². The molecule has 0 aliphatic carbocycles. The Bertz CT molecular complexity index is 809. The van der Waals surface area contributed by atoms with E-state index in [1.807, 2.05) is 33.8 Å². The second-order valence-corrected chi connectivity index (χ2v) is 12.6. The third kappa shape index (κ3) is 7.94. The molecule has 2 aliphatic rings. The molecule has 6 heteroatoms. The van der Waals surface area contributed by atoms with Crippen LogP contribution in [0.1, 0.15) is 80.1 Å². The standard InChI is InChI=1S/C26H39INO4/c1-17-11-9-7-8-10-12-22(18(2)15-21-16-27-20(4)28-21)32-23(29)13-14-26(5,6)25(31)19(3)24(17)30/h8,10,15-17,19,22,24,30H,7,9,11-14H2,1-6H3/q-1/b10-8-,18-15+/t17-,19+,22-,24-/m0/s1. The first-order valence-corrected chi connectivity index (χ1v) is 14.0. The van der Waals surface area contributed by atoms with Crippen LogP contribution in [0.25, 0.3) is 0 Å².